The molecule has 0 amide bonds. The van der Waals surface area contributed by atoms with E-state index < -0.39 is 0 Å². The predicted molar refractivity (Wildman–Crippen MR) is 52.9 cm³/mol. The minimum Gasteiger partial charge on any atom is -0.303 e. The molecule has 0 heterocycles. The Labute approximate surface area is 75.9 Å². The molecule has 1 aliphatic rings. The van der Waals surface area contributed by atoms with E-state index in [1.165, 1.54) is 25.7 Å². The van der Waals surface area contributed by atoms with Gasteiger partial charge >= 0.3 is 0 Å². The van der Waals surface area contributed by atoms with Gasteiger partial charge in [-0.2, -0.15) is 0 Å². The van der Waals surface area contributed by atoms with Gasteiger partial charge in [0.15, 0.2) is 0 Å². The van der Waals surface area contributed by atoms with Gasteiger partial charge in [0.25, 0.3) is 0 Å². The minimum absolute atomic E-state index is 0.297. The Bertz CT molecular complexity index is 151. The van der Waals surface area contributed by atoms with Crippen molar-refractivity contribution < 1.29 is 0 Å². The van der Waals surface area contributed by atoms with E-state index >= 15 is 0 Å². The van der Waals surface area contributed by atoms with Crippen molar-refractivity contribution in [2.75, 3.05) is 6.54 Å². The van der Waals surface area contributed by atoms with E-state index in [0.29, 0.717) is 6.04 Å². The summed E-state index contributed by atoms with van der Waals surface area (Å²) in [6.45, 7) is 3.26. The zero-order valence-electron chi connectivity index (χ0n) is 7.97. The van der Waals surface area contributed by atoms with Crippen LogP contribution in [0.4, 0.5) is 0 Å². The van der Waals surface area contributed by atoms with Crippen molar-refractivity contribution in [2.45, 2.75) is 45.1 Å². The molecule has 1 aliphatic carbocycles. The van der Waals surface area contributed by atoms with E-state index in [4.69, 9.17) is 6.42 Å². The van der Waals surface area contributed by atoms with E-state index in [-0.39, 0.29) is 0 Å². The van der Waals surface area contributed by atoms with Crippen LogP contribution in [-0.2, 0) is 0 Å². The van der Waals surface area contributed by atoms with Crippen LogP contribution < -0.4 is 5.32 Å². The second-order valence-corrected chi connectivity index (χ2v) is 3.69. The van der Waals surface area contributed by atoms with Gasteiger partial charge in [-0.15, -0.1) is 6.42 Å². The first-order valence-corrected chi connectivity index (χ1v) is 5.06. The largest absolute Gasteiger partial charge is 0.303 e. The third-order valence-electron chi connectivity index (χ3n) is 2.74. The third kappa shape index (κ3) is 2.87. The van der Waals surface area contributed by atoms with Crippen LogP contribution in [0.2, 0.25) is 0 Å². The first-order chi connectivity index (χ1) is 5.86. The fourth-order valence-corrected chi connectivity index (χ4v) is 1.84. The maximum absolute atomic E-state index is 5.36. The number of terminal acetylenes is 1. The third-order valence-corrected chi connectivity index (χ3v) is 2.74. The highest BCUT2D eigenvalue weighted by Crippen LogP contribution is 2.23. The standard InChI is InChI=1S/C11H19N/c1-3-11(4-2)12-9-10-7-5-6-8-10/h1,10-12H,4-9H2,2H3. The fourth-order valence-electron chi connectivity index (χ4n) is 1.84. The van der Waals surface area contributed by atoms with Gasteiger partial charge in [-0.1, -0.05) is 25.7 Å². The van der Waals surface area contributed by atoms with Crippen molar-refractivity contribution >= 4 is 0 Å². The number of rotatable bonds is 4. The highest BCUT2D eigenvalue weighted by Gasteiger charge is 2.15. The van der Waals surface area contributed by atoms with E-state index in [0.717, 1.165) is 18.9 Å². The zero-order valence-corrected chi connectivity index (χ0v) is 7.97. The molecule has 68 valence electrons. The molecule has 1 atom stereocenters. The maximum Gasteiger partial charge on any atom is 0.0684 e. The van der Waals surface area contributed by atoms with Crippen LogP contribution in [0.15, 0.2) is 0 Å². The number of nitrogens with one attached hydrogen (secondary N) is 1. The Balaban J connectivity index is 2.11. The summed E-state index contributed by atoms with van der Waals surface area (Å²) >= 11 is 0. The van der Waals surface area contributed by atoms with Crippen molar-refractivity contribution in [1.29, 1.82) is 0 Å². The highest BCUT2D eigenvalue weighted by atomic mass is 14.9. The van der Waals surface area contributed by atoms with Crippen LogP contribution in [0.3, 0.4) is 0 Å². The lowest BCUT2D eigenvalue weighted by molar-refractivity contribution is 0.463. The Morgan fingerprint density at radius 2 is 2.17 bits per heavy atom. The summed E-state index contributed by atoms with van der Waals surface area (Å²) in [4.78, 5) is 0. The van der Waals surface area contributed by atoms with E-state index in [1.807, 2.05) is 0 Å². The molecule has 0 aromatic heterocycles. The molecular weight excluding hydrogens is 146 g/mol. The average molecular weight is 165 g/mol. The van der Waals surface area contributed by atoms with Gasteiger partial charge in [0, 0.05) is 0 Å². The summed E-state index contributed by atoms with van der Waals surface area (Å²) in [5, 5.41) is 3.42. The Morgan fingerprint density at radius 1 is 1.50 bits per heavy atom. The molecular formula is C11H19N. The van der Waals surface area contributed by atoms with Gasteiger partial charge < -0.3 is 5.32 Å². The van der Waals surface area contributed by atoms with E-state index in [2.05, 4.69) is 18.2 Å². The summed E-state index contributed by atoms with van der Waals surface area (Å²) in [7, 11) is 0. The van der Waals surface area contributed by atoms with Gasteiger partial charge in [0.1, 0.15) is 0 Å². The second kappa shape index (κ2) is 5.22. The normalized spacial score (nSPS) is 20.7. The van der Waals surface area contributed by atoms with Crippen molar-refractivity contribution in [1.82, 2.24) is 5.32 Å². The Morgan fingerprint density at radius 3 is 2.67 bits per heavy atom. The van der Waals surface area contributed by atoms with Gasteiger partial charge in [-0.05, 0) is 31.7 Å². The van der Waals surface area contributed by atoms with Crippen LogP contribution in [0.25, 0.3) is 0 Å². The van der Waals surface area contributed by atoms with Crippen molar-refractivity contribution in [3.8, 4) is 12.3 Å². The molecule has 1 fully saturated rings. The second-order valence-electron chi connectivity index (χ2n) is 3.69. The molecule has 12 heavy (non-hydrogen) atoms. The summed E-state index contributed by atoms with van der Waals surface area (Å²) in [6.07, 6.45) is 12.0. The molecule has 1 saturated carbocycles. The molecule has 0 spiro atoms. The molecule has 0 aliphatic heterocycles. The van der Waals surface area contributed by atoms with Gasteiger partial charge in [0.2, 0.25) is 0 Å². The van der Waals surface area contributed by atoms with Crippen LogP contribution in [0, 0.1) is 18.3 Å². The predicted octanol–water partition coefficient (Wildman–Crippen LogP) is 2.18. The van der Waals surface area contributed by atoms with Crippen LogP contribution in [0.1, 0.15) is 39.0 Å². The molecule has 0 saturated heterocycles. The summed E-state index contributed by atoms with van der Waals surface area (Å²) in [5.41, 5.74) is 0. The molecule has 0 aromatic carbocycles. The van der Waals surface area contributed by atoms with Gasteiger partial charge in [-0.25, -0.2) is 0 Å². The Kier molecular flexibility index (Phi) is 4.18. The van der Waals surface area contributed by atoms with E-state index in [9.17, 15) is 0 Å². The van der Waals surface area contributed by atoms with Crippen LogP contribution >= 0.6 is 0 Å². The molecule has 0 bridgehead atoms. The summed E-state index contributed by atoms with van der Waals surface area (Å²) < 4.78 is 0. The van der Waals surface area contributed by atoms with Gasteiger partial charge in [0.05, 0.1) is 6.04 Å². The lowest BCUT2D eigenvalue weighted by Gasteiger charge is -2.14. The average Bonchev–Trinajstić information content (AvgIpc) is 2.59. The van der Waals surface area contributed by atoms with Crippen molar-refractivity contribution in [3.63, 3.8) is 0 Å². The first kappa shape index (κ1) is 9.61. The molecule has 1 N–H and O–H groups in total. The summed E-state index contributed by atoms with van der Waals surface area (Å²) in [6, 6.07) is 0.297. The lowest BCUT2D eigenvalue weighted by Crippen LogP contribution is -2.30. The fraction of sp³-hybridized carbons (Fsp3) is 0.818. The van der Waals surface area contributed by atoms with Crippen molar-refractivity contribution in [2.24, 2.45) is 5.92 Å². The van der Waals surface area contributed by atoms with Crippen molar-refractivity contribution in [3.05, 3.63) is 0 Å². The molecule has 0 radical (unpaired) electrons. The van der Waals surface area contributed by atoms with Crippen LogP contribution in [-0.4, -0.2) is 12.6 Å². The topological polar surface area (TPSA) is 12.0 Å². The SMILES string of the molecule is C#CC(CC)NCC1CCCC1. The van der Waals surface area contributed by atoms with Gasteiger partial charge in [-0.3, -0.25) is 0 Å². The molecule has 0 aromatic rings. The zero-order chi connectivity index (χ0) is 8.81. The quantitative estimate of drug-likeness (QED) is 0.630. The Hall–Kier alpha value is -0.480. The molecule has 1 unspecified atom stereocenters. The summed E-state index contributed by atoms with van der Waals surface area (Å²) in [5.74, 6) is 3.66. The van der Waals surface area contributed by atoms with Crippen LogP contribution in [0.5, 0.6) is 0 Å². The van der Waals surface area contributed by atoms with E-state index in [1.54, 1.807) is 0 Å². The smallest absolute Gasteiger partial charge is 0.0684 e. The lowest BCUT2D eigenvalue weighted by atomic mass is 10.1. The monoisotopic (exact) mass is 165 g/mol. The molecule has 1 nitrogen and oxygen atoms in total. The first-order valence-electron chi connectivity index (χ1n) is 5.06. The number of hydrogen-bond donors (Lipinski definition) is 1. The molecule has 1 heteroatoms. The highest BCUT2D eigenvalue weighted by molar-refractivity contribution is 4.98. The molecule has 1 rings (SSSR count). The number of hydrogen-bond acceptors (Lipinski definition) is 1. The maximum atomic E-state index is 5.36. The minimum atomic E-state index is 0.297.